The standard InChI is InChI=1S/C21H34NO5P/c1-17(2)19-13-11-18(12-14-19)9-7-5-3-4-6-8-10-21(23)22-15-20(16-22)27-28(24,25)26/h11-14,17,20H,3-10,15-16H2,1-2H3,(H2,24,25,26). The van der Waals surface area contributed by atoms with Crippen LogP contribution in [-0.2, 0) is 20.3 Å². The zero-order valence-electron chi connectivity index (χ0n) is 17.0. The van der Waals surface area contributed by atoms with E-state index in [4.69, 9.17) is 9.79 Å². The summed E-state index contributed by atoms with van der Waals surface area (Å²) in [5.41, 5.74) is 2.80. The van der Waals surface area contributed by atoms with Crippen LogP contribution in [0.1, 0.15) is 75.8 Å². The van der Waals surface area contributed by atoms with Crippen LogP contribution < -0.4 is 0 Å². The number of phosphoric ester groups is 1. The average molecular weight is 411 g/mol. The highest BCUT2D eigenvalue weighted by atomic mass is 31.2. The first-order valence-electron chi connectivity index (χ1n) is 10.3. The summed E-state index contributed by atoms with van der Waals surface area (Å²) in [4.78, 5) is 31.0. The van der Waals surface area contributed by atoms with Gasteiger partial charge in [-0.15, -0.1) is 0 Å². The van der Waals surface area contributed by atoms with E-state index in [1.54, 1.807) is 4.90 Å². The summed E-state index contributed by atoms with van der Waals surface area (Å²) in [7, 11) is -4.45. The molecule has 6 nitrogen and oxygen atoms in total. The van der Waals surface area contributed by atoms with Gasteiger partial charge in [0, 0.05) is 19.5 Å². The van der Waals surface area contributed by atoms with Gasteiger partial charge < -0.3 is 14.7 Å². The lowest BCUT2D eigenvalue weighted by Gasteiger charge is -2.38. The van der Waals surface area contributed by atoms with Crippen LogP contribution >= 0.6 is 7.82 Å². The molecule has 1 aromatic rings. The van der Waals surface area contributed by atoms with E-state index in [1.807, 2.05) is 0 Å². The van der Waals surface area contributed by atoms with E-state index in [-0.39, 0.29) is 19.0 Å². The summed E-state index contributed by atoms with van der Waals surface area (Å²) in [6.45, 7) is 4.98. The highest BCUT2D eigenvalue weighted by Gasteiger charge is 2.35. The largest absolute Gasteiger partial charge is 0.469 e. The van der Waals surface area contributed by atoms with Crippen LogP contribution in [0, 0.1) is 0 Å². The van der Waals surface area contributed by atoms with Crippen molar-refractivity contribution >= 4 is 13.7 Å². The number of carbonyl (C=O) groups is 1. The number of carbonyl (C=O) groups excluding carboxylic acids is 1. The molecule has 2 N–H and O–H groups in total. The molecule has 0 saturated carbocycles. The quantitative estimate of drug-likeness (QED) is 0.393. The van der Waals surface area contributed by atoms with Crippen LogP contribution in [0.25, 0.3) is 0 Å². The van der Waals surface area contributed by atoms with Gasteiger partial charge in [-0.3, -0.25) is 9.32 Å². The van der Waals surface area contributed by atoms with E-state index < -0.39 is 13.9 Å². The summed E-state index contributed by atoms with van der Waals surface area (Å²) >= 11 is 0. The molecule has 1 aliphatic heterocycles. The lowest BCUT2D eigenvalue weighted by Crippen LogP contribution is -2.54. The van der Waals surface area contributed by atoms with E-state index >= 15 is 0 Å². The highest BCUT2D eigenvalue weighted by molar-refractivity contribution is 7.46. The van der Waals surface area contributed by atoms with Gasteiger partial charge in [-0.25, -0.2) is 4.57 Å². The van der Waals surface area contributed by atoms with Gasteiger partial charge in [-0.1, -0.05) is 63.8 Å². The van der Waals surface area contributed by atoms with Gasteiger partial charge >= 0.3 is 7.82 Å². The number of hydrogen-bond donors (Lipinski definition) is 2. The second-order valence-corrected chi connectivity index (χ2v) is 9.23. The molecule has 1 aromatic carbocycles. The van der Waals surface area contributed by atoms with Crippen molar-refractivity contribution < 1.29 is 23.7 Å². The Morgan fingerprint density at radius 2 is 1.64 bits per heavy atom. The maximum absolute atomic E-state index is 12.0. The second kappa shape index (κ2) is 11.1. The number of unbranched alkanes of at least 4 members (excludes halogenated alkanes) is 5. The molecule has 1 saturated heterocycles. The number of hydrogen-bond acceptors (Lipinski definition) is 3. The predicted octanol–water partition coefficient (Wildman–Crippen LogP) is 4.40. The van der Waals surface area contributed by atoms with Gasteiger partial charge in [0.15, 0.2) is 0 Å². The minimum Gasteiger partial charge on any atom is -0.337 e. The lowest BCUT2D eigenvalue weighted by molar-refractivity contribution is -0.140. The van der Waals surface area contributed by atoms with Gasteiger partial charge in [0.05, 0.1) is 0 Å². The Morgan fingerprint density at radius 1 is 1.07 bits per heavy atom. The van der Waals surface area contributed by atoms with E-state index in [1.165, 1.54) is 30.4 Å². The fraction of sp³-hybridized carbons (Fsp3) is 0.667. The Kier molecular flexibility index (Phi) is 9.16. The van der Waals surface area contributed by atoms with Crippen molar-refractivity contribution in [2.24, 2.45) is 0 Å². The molecule has 0 radical (unpaired) electrons. The first-order chi connectivity index (χ1) is 13.2. The smallest absolute Gasteiger partial charge is 0.337 e. The van der Waals surface area contributed by atoms with Crippen molar-refractivity contribution in [1.29, 1.82) is 0 Å². The van der Waals surface area contributed by atoms with E-state index in [0.717, 1.165) is 25.7 Å². The Hall–Kier alpha value is -1.20. The SMILES string of the molecule is CC(C)c1ccc(CCCCCCCCC(=O)N2CC(OP(=O)(O)O)C2)cc1. The van der Waals surface area contributed by atoms with Gasteiger partial charge in [0.2, 0.25) is 5.91 Å². The number of likely N-dealkylation sites (tertiary alicyclic amines) is 1. The minimum atomic E-state index is -4.45. The minimum absolute atomic E-state index is 0.0513. The highest BCUT2D eigenvalue weighted by Crippen LogP contribution is 2.39. The number of amides is 1. The number of benzene rings is 1. The predicted molar refractivity (Wildman–Crippen MR) is 110 cm³/mol. The maximum atomic E-state index is 12.0. The summed E-state index contributed by atoms with van der Waals surface area (Å²) < 4.78 is 15.3. The van der Waals surface area contributed by atoms with Crippen molar-refractivity contribution in [1.82, 2.24) is 4.90 Å². The molecule has 0 spiro atoms. The van der Waals surface area contributed by atoms with Crippen molar-refractivity contribution in [3.05, 3.63) is 35.4 Å². The molecule has 7 heteroatoms. The molecule has 1 fully saturated rings. The third-order valence-electron chi connectivity index (χ3n) is 5.24. The Bertz CT molecular complexity index is 649. The molecule has 0 atom stereocenters. The van der Waals surface area contributed by atoms with Gasteiger partial charge in [-0.05, 0) is 36.3 Å². The first-order valence-corrected chi connectivity index (χ1v) is 11.9. The average Bonchev–Trinajstić information content (AvgIpc) is 2.59. The van der Waals surface area contributed by atoms with Crippen molar-refractivity contribution in [2.45, 2.75) is 77.2 Å². The van der Waals surface area contributed by atoms with Crippen LogP contribution in [0.2, 0.25) is 0 Å². The van der Waals surface area contributed by atoms with Gasteiger partial charge in [0.25, 0.3) is 0 Å². The fourth-order valence-corrected chi connectivity index (χ4v) is 3.96. The van der Waals surface area contributed by atoms with Gasteiger partial charge in [-0.2, -0.15) is 0 Å². The van der Waals surface area contributed by atoms with E-state index in [9.17, 15) is 9.36 Å². The first kappa shape index (κ1) is 23.1. The van der Waals surface area contributed by atoms with Crippen LogP contribution in [-0.4, -0.2) is 39.8 Å². The normalized spacial score (nSPS) is 15.1. The second-order valence-electron chi connectivity index (χ2n) is 8.03. The number of nitrogens with zero attached hydrogens (tertiary/aromatic N) is 1. The molecule has 0 aliphatic carbocycles. The number of rotatable bonds is 12. The number of aryl methyl sites for hydroxylation is 1. The molecule has 1 aliphatic rings. The molecule has 0 bridgehead atoms. The van der Waals surface area contributed by atoms with Crippen molar-refractivity contribution in [3.8, 4) is 0 Å². The molecule has 1 heterocycles. The molecular formula is C21H34NO5P. The Morgan fingerprint density at radius 3 is 2.21 bits per heavy atom. The third-order valence-corrected chi connectivity index (χ3v) is 5.81. The Labute approximate surface area is 168 Å². The van der Waals surface area contributed by atoms with Gasteiger partial charge in [0.1, 0.15) is 6.10 Å². The Balaban J connectivity index is 1.45. The molecule has 0 unspecified atom stereocenters. The van der Waals surface area contributed by atoms with Crippen molar-refractivity contribution in [2.75, 3.05) is 13.1 Å². The van der Waals surface area contributed by atoms with Crippen LogP contribution in [0.3, 0.4) is 0 Å². The topological polar surface area (TPSA) is 87.1 Å². The zero-order valence-corrected chi connectivity index (χ0v) is 17.9. The summed E-state index contributed by atoms with van der Waals surface area (Å²) in [5, 5.41) is 0. The summed E-state index contributed by atoms with van der Waals surface area (Å²) in [6.07, 6.45) is 7.77. The maximum Gasteiger partial charge on any atom is 0.469 e. The van der Waals surface area contributed by atoms with Crippen LogP contribution in [0.5, 0.6) is 0 Å². The van der Waals surface area contributed by atoms with Crippen LogP contribution in [0.4, 0.5) is 0 Å². The molecule has 1 amide bonds. The lowest BCUT2D eigenvalue weighted by atomic mass is 9.99. The molecular weight excluding hydrogens is 377 g/mol. The number of phosphoric acid groups is 1. The monoisotopic (exact) mass is 411 g/mol. The molecule has 2 rings (SSSR count). The van der Waals surface area contributed by atoms with E-state index in [0.29, 0.717) is 12.3 Å². The van der Waals surface area contributed by atoms with Crippen LogP contribution in [0.15, 0.2) is 24.3 Å². The van der Waals surface area contributed by atoms with Crippen molar-refractivity contribution in [3.63, 3.8) is 0 Å². The zero-order chi connectivity index (χ0) is 20.6. The fourth-order valence-electron chi connectivity index (χ4n) is 3.44. The third kappa shape index (κ3) is 8.44. The van der Waals surface area contributed by atoms with E-state index in [2.05, 4.69) is 42.6 Å². The molecule has 158 valence electrons. The molecule has 0 aromatic heterocycles. The summed E-state index contributed by atoms with van der Waals surface area (Å²) in [5.74, 6) is 0.631. The molecule has 28 heavy (non-hydrogen) atoms. The summed E-state index contributed by atoms with van der Waals surface area (Å²) in [6, 6.07) is 8.95.